The van der Waals surface area contributed by atoms with Gasteiger partial charge in [-0.2, -0.15) is 0 Å². The summed E-state index contributed by atoms with van der Waals surface area (Å²) in [6.45, 7) is 1.92. The van der Waals surface area contributed by atoms with Crippen LogP contribution in [0.4, 0.5) is 5.69 Å². The number of ether oxygens (including phenoxy) is 1. The Morgan fingerprint density at radius 3 is 2.80 bits per heavy atom. The molecule has 25 heavy (non-hydrogen) atoms. The van der Waals surface area contributed by atoms with Crippen LogP contribution in [0.15, 0.2) is 59.5 Å². The van der Waals surface area contributed by atoms with Crippen LogP contribution < -0.4 is 10.1 Å². The van der Waals surface area contributed by atoms with Crippen molar-refractivity contribution in [1.29, 1.82) is 0 Å². The minimum absolute atomic E-state index is 0.0181. The highest BCUT2D eigenvalue weighted by molar-refractivity contribution is 5.95. The number of anilines is 1. The number of furan rings is 1. The first kappa shape index (κ1) is 15.4. The van der Waals surface area contributed by atoms with Crippen LogP contribution in [-0.4, -0.2) is 15.9 Å². The Hall–Kier alpha value is -3.15. The first-order valence-electron chi connectivity index (χ1n) is 8.10. The third kappa shape index (κ3) is 3.38. The van der Waals surface area contributed by atoms with Crippen molar-refractivity contribution in [2.24, 2.45) is 5.92 Å². The van der Waals surface area contributed by atoms with Crippen LogP contribution in [0.2, 0.25) is 0 Å². The summed E-state index contributed by atoms with van der Waals surface area (Å²) in [6, 6.07) is 11.3. The van der Waals surface area contributed by atoms with Crippen LogP contribution in [0, 0.1) is 12.8 Å². The molecule has 6 nitrogen and oxygen atoms in total. The van der Waals surface area contributed by atoms with Crippen LogP contribution >= 0.6 is 0 Å². The average Bonchev–Trinajstić information content (AvgIpc) is 3.24. The van der Waals surface area contributed by atoms with Crippen molar-refractivity contribution >= 4 is 11.6 Å². The molecule has 1 aliphatic carbocycles. The number of rotatable bonds is 5. The zero-order valence-electron chi connectivity index (χ0n) is 13.7. The van der Waals surface area contributed by atoms with E-state index >= 15 is 0 Å². The van der Waals surface area contributed by atoms with Crippen molar-refractivity contribution in [2.45, 2.75) is 19.3 Å². The zero-order chi connectivity index (χ0) is 17.2. The second-order valence-electron chi connectivity index (χ2n) is 6.06. The van der Waals surface area contributed by atoms with Crippen LogP contribution in [-0.2, 0) is 4.79 Å². The fourth-order valence-electron chi connectivity index (χ4n) is 2.81. The standard InChI is InChI=1S/C19H17N3O3/c1-12-10-13(25-19-20-7-3-8-21-19)5-6-16(12)22-18(23)15-11-14(15)17-4-2-9-24-17/h2-10,14-15H,11H2,1H3,(H,22,23)/t14-,15+/m0/s1. The number of aromatic nitrogens is 2. The lowest BCUT2D eigenvalue weighted by Gasteiger charge is -2.10. The van der Waals surface area contributed by atoms with E-state index in [0.717, 1.165) is 23.4 Å². The average molecular weight is 335 g/mol. The maximum atomic E-state index is 12.4. The summed E-state index contributed by atoms with van der Waals surface area (Å²) < 4.78 is 11.0. The van der Waals surface area contributed by atoms with Gasteiger partial charge in [0.05, 0.1) is 6.26 Å². The number of carbonyl (C=O) groups excluding carboxylic acids is 1. The van der Waals surface area contributed by atoms with Crippen molar-refractivity contribution in [3.8, 4) is 11.8 Å². The van der Waals surface area contributed by atoms with E-state index in [4.69, 9.17) is 9.15 Å². The van der Waals surface area contributed by atoms with Gasteiger partial charge < -0.3 is 14.5 Å². The highest BCUT2D eigenvalue weighted by atomic mass is 16.5. The minimum Gasteiger partial charge on any atom is -0.469 e. The van der Waals surface area contributed by atoms with Crippen molar-refractivity contribution in [1.82, 2.24) is 9.97 Å². The number of hydrogen-bond donors (Lipinski definition) is 1. The van der Waals surface area contributed by atoms with Gasteiger partial charge in [-0.05, 0) is 55.3 Å². The lowest BCUT2D eigenvalue weighted by atomic mass is 10.1. The van der Waals surface area contributed by atoms with Crippen LogP contribution in [0.1, 0.15) is 23.7 Å². The van der Waals surface area contributed by atoms with Gasteiger partial charge in [-0.3, -0.25) is 4.79 Å². The lowest BCUT2D eigenvalue weighted by Crippen LogP contribution is -2.15. The van der Waals surface area contributed by atoms with Gasteiger partial charge >= 0.3 is 6.01 Å². The third-order valence-electron chi connectivity index (χ3n) is 4.24. The van der Waals surface area contributed by atoms with E-state index in [9.17, 15) is 4.79 Å². The quantitative estimate of drug-likeness (QED) is 0.765. The molecule has 4 rings (SSSR count). The maximum absolute atomic E-state index is 12.4. The van der Waals surface area contributed by atoms with Crippen molar-refractivity contribution in [2.75, 3.05) is 5.32 Å². The summed E-state index contributed by atoms with van der Waals surface area (Å²) >= 11 is 0. The number of amides is 1. The molecule has 126 valence electrons. The molecule has 2 aromatic heterocycles. The molecule has 1 N–H and O–H groups in total. The Bertz CT molecular complexity index is 878. The maximum Gasteiger partial charge on any atom is 0.321 e. The molecule has 0 aliphatic heterocycles. The van der Waals surface area contributed by atoms with Crippen LogP contribution in [0.25, 0.3) is 0 Å². The molecule has 0 unspecified atom stereocenters. The first-order chi connectivity index (χ1) is 12.2. The topological polar surface area (TPSA) is 77.3 Å². The summed E-state index contributed by atoms with van der Waals surface area (Å²) in [4.78, 5) is 20.5. The Kier molecular flexibility index (Phi) is 3.93. The number of carbonyl (C=O) groups is 1. The number of nitrogens with one attached hydrogen (secondary N) is 1. The largest absolute Gasteiger partial charge is 0.469 e. The molecule has 3 aromatic rings. The minimum atomic E-state index is -0.0285. The number of aryl methyl sites for hydroxylation is 1. The molecule has 0 radical (unpaired) electrons. The SMILES string of the molecule is Cc1cc(Oc2ncccn2)ccc1NC(=O)[C@@H]1C[C@@H]1c1ccco1. The number of hydrogen-bond acceptors (Lipinski definition) is 5. The molecule has 1 amide bonds. The second-order valence-corrected chi connectivity index (χ2v) is 6.06. The summed E-state index contributed by atoms with van der Waals surface area (Å²) in [5.74, 6) is 1.68. The molecular formula is C19H17N3O3. The van der Waals surface area contributed by atoms with Crippen molar-refractivity contribution < 1.29 is 13.9 Å². The van der Waals surface area contributed by atoms with Crippen molar-refractivity contribution in [3.05, 3.63) is 66.4 Å². The van der Waals surface area contributed by atoms with E-state index in [1.54, 1.807) is 30.8 Å². The molecule has 6 heteroatoms. The van der Waals surface area contributed by atoms with Gasteiger partial charge in [0.15, 0.2) is 0 Å². The molecule has 1 fully saturated rings. The van der Waals surface area contributed by atoms with E-state index in [1.807, 2.05) is 31.2 Å². The predicted octanol–water partition coefficient (Wildman–Crippen LogP) is 3.91. The van der Waals surface area contributed by atoms with Gasteiger partial charge in [-0.1, -0.05) is 0 Å². The molecule has 1 aromatic carbocycles. The van der Waals surface area contributed by atoms with Gasteiger partial charge in [0.2, 0.25) is 5.91 Å². The molecule has 0 bridgehead atoms. The molecule has 1 aliphatic rings. The summed E-state index contributed by atoms with van der Waals surface area (Å²) in [5.41, 5.74) is 1.69. The molecule has 0 saturated heterocycles. The van der Waals surface area contributed by atoms with E-state index in [0.29, 0.717) is 5.75 Å². The first-order valence-corrected chi connectivity index (χ1v) is 8.10. The Labute approximate surface area is 144 Å². The van der Waals surface area contributed by atoms with Crippen LogP contribution in [0.5, 0.6) is 11.8 Å². The highest BCUT2D eigenvalue weighted by Gasteiger charge is 2.45. The van der Waals surface area contributed by atoms with Crippen LogP contribution in [0.3, 0.4) is 0 Å². The second kappa shape index (κ2) is 6.39. The van der Waals surface area contributed by atoms with E-state index in [2.05, 4.69) is 15.3 Å². The monoisotopic (exact) mass is 335 g/mol. The Morgan fingerprint density at radius 1 is 1.24 bits per heavy atom. The van der Waals surface area contributed by atoms with Gasteiger partial charge in [-0.25, -0.2) is 9.97 Å². The number of benzene rings is 1. The smallest absolute Gasteiger partial charge is 0.321 e. The summed E-state index contributed by atoms with van der Waals surface area (Å²) in [7, 11) is 0. The fraction of sp³-hybridized carbons (Fsp3) is 0.211. The molecular weight excluding hydrogens is 318 g/mol. The third-order valence-corrected chi connectivity index (χ3v) is 4.24. The zero-order valence-corrected chi connectivity index (χ0v) is 13.7. The van der Waals surface area contributed by atoms with E-state index in [1.165, 1.54) is 0 Å². The van der Waals surface area contributed by atoms with E-state index < -0.39 is 0 Å². The Balaban J connectivity index is 1.40. The van der Waals surface area contributed by atoms with Gasteiger partial charge in [0.25, 0.3) is 0 Å². The molecule has 0 spiro atoms. The van der Waals surface area contributed by atoms with Gasteiger partial charge in [0, 0.05) is 29.9 Å². The number of nitrogens with zero attached hydrogens (tertiary/aromatic N) is 2. The van der Waals surface area contributed by atoms with E-state index in [-0.39, 0.29) is 23.8 Å². The molecule has 2 heterocycles. The normalized spacial score (nSPS) is 18.6. The highest BCUT2D eigenvalue weighted by Crippen LogP contribution is 2.48. The fourth-order valence-corrected chi connectivity index (χ4v) is 2.81. The van der Waals surface area contributed by atoms with Gasteiger partial charge in [0.1, 0.15) is 11.5 Å². The molecule has 1 saturated carbocycles. The lowest BCUT2D eigenvalue weighted by molar-refractivity contribution is -0.117. The summed E-state index contributed by atoms with van der Waals surface area (Å²) in [6.07, 6.45) is 5.70. The van der Waals surface area contributed by atoms with Crippen molar-refractivity contribution in [3.63, 3.8) is 0 Å². The summed E-state index contributed by atoms with van der Waals surface area (Å²) in [5, 5.41) is 2.99. The Morgan fingerprint density at radius 2 is 2.08 bits per heavy atom. The molecule has 2 atom stereocenters. The van der Waals surface area contributed by atoms with Gasteiger partial charge in [-0.15, -0.1) is 0 Å². The predicted molar refractivity (Wildman–Crippen MR) is 91.5 cm³/mol.